The molecular formula is C19H15ClN2O3. The number of aryl methyl sites for hydroxylation is 2. The molecule has 0 radical (unpaired) electrons. The lowest BCUT2D eigenvalue weighted by molar-refractivity contribution is -0.126. The fourth-order valence-corrected chi connectivity index (χ4v) is 3.60. The van der Waals surface area contributed by atoms with E-state index in [0.29, 0.717) is 22.0 Å². The average Bonchev–Trinajstić information content (AvgIpc) is 3.10. The molecule has 0 aromatic heterocycles. The van der Waals surface area contributed by atoms with Crippen LogP contribution in [0.15, 0.2) is 47.6 Å². The van der Waals surface area contributed by atoms with Crippen LogP contribution in [0, 0.1) is 19.8 Å². The lowest BCUT2D eigenvalue weighted by Gasteiger charge is -2.18. The van der Waals surface area contributed by atoms with Gasteiger partial charge >= 0.3 is 0 Å². The minimum absolute atomic E-state index is 0.335. The Balaban J connectivity index is 1.75. The van der Waals surface area contributed by atoms with Crippen LogP contribution in [0.2, 0.25) is 5.02 Å². The Bertz CT molecular complexity index is 938. The van der Waals surface area contributed by atoms with Crippen molar-refractivity contribution < 1.29 is 14.4 Å². The predicted octanol–water partition coefficient (Wildman–Crippen LogP) is 3.25. The number of anilines is 1. The number of imide groups is 1. The third kappa shape index (κ3) is 2.35. The maximum Gasteiger partial charge on any atom is 0.278 e. The van der Waals surface area contributed by atoms with Gasteiger partial charge in [-0.05, 0) is 31.5 Å². The van der Waals surface area contributed by atoms with Crippen LogP contribution in [0.25, 0.3) is 0 Å². The number of hydrogen-bond acceptors (Lipinski definition) is 4. The molecule has 2 aliphatic heterocycles. The highest BCUT2D eigenvalue weighted by Gasteiger charge is 2.56. The lowest BCUT2D eigenvalue weighted by Crippen LogP contribution is -2.33. The van der Waals surface area contributed by atoms with Crippen LogP contribution < -0.4 is 4.90 Å². The molecule has 0 bridgehead atoms. The Morgan fingerprint density at radius 2 is 1.84 bits per heavy atom. The SMILES string of the molecule is Cc1ccc(N2C(=O)[C@@H]3C(c4ccccc4Cl)=NO[C@@H]3C2=O)c(C)c1. The first-order chi connectivity index (χ1) is 12.0. The van der Waals surface area contributed by atoms with Crippen molar-refractivity contribution in [3.63, 3.8) is 0 Å². The number of halogens is 1. The summed E-state index contributed by atoms with van der Waals surface area (Å²) < 4.78 is 0. The first-order valence-electron chi connectivity index (χ1n) is 7.92. The molecule has 1 fully saturated rings. The molecule has 2 aromatic rings. The Kier molecular flexibility index (Phi) is 3.62. The zero-order valence-electron chi connectivity index (χ0n) is 13.7. The van der Waals surface area contributed by atoms with E-state index < -0.39 is 17.9 Å². The Morgan fingerprint density at radius 3 is 2.56 bits per heavy atom. The van der Waals surface area contributed by atoms with Crippen LogP contribution in [0.4, 0.5) is 5.69 Å². The molecule has 1 saturated heterocycles. The van der Waals surface area contributed by atoms with Gasteiger partial charge in [0.25, 0.3) is 5.91 Å². The average molecular weight is 355 g/mol. The molecule has 2 atom stereocenters. The van der Waals surface area contributed by atoms with Crippen LogP contribution in [0.1, 0.15) is 16.7 Å². The van der Waals surface area contributed by atoms with E-state index in [1.165, 1.54) is 4.90 Å². The van der Waals surface area contributed by atoms with Gasteiger partial charge < -0.3 is 4.84 Å². The van der Waals surface area contributed by atoms with Gasteiger partial charge in [0.15, 0.2) is 0 Å². The van der Waals surface area contributed by atoms with E-state index in [0.717, 1.165) is 11.1 Å². The summed E-state index contributed by atoms with van der Waals surface area (Å²) in [7, 11) is 0. The summed E-state index contributed by atoms with van der Waals surface area (Å²) in [5, 5.41) is 4.45. The number of amides is 2. The second-order valence-electron chi connectivity index (χ2n) is 6.26. The number of hydrogen-bond donors (Lipinski definition) is 0. The molecule has 25 heavy (non-hydrogen) atoms. The zero-order chi connectivity index (χ0) is 17.7. The molecule has 0 N–H and O–H groups in total. The molecular weight excluding hydrogens is 340 g/mol. The molecule has 2 heterocycles. The maximum absolute atomic E-state index is 13.0. The van der Waals surface area contributed by atoms with Gasteiger partial charge in [0.2, 0.25) is 12.0 Å². The van der Waals surface area contributed by atoms with Crippen molar-refractivity contribution in [3.05, 3.63) is 64.2 Å². The zero-order valence-corrected chi connectivity index (χ0v) is 14.4. The third-order valence-electron chi connectivity index (χ3n) is 4.56. The van der Waals surface area contributed by atoms with Gasteiger partial charge in [-0.25, -0.2) is 4.90 Å². The van der Waals surface area contributed by atoms with Gasteiger partial charge in [-0.2, -0.15) is 0 Å². The Labute approximate surface area is 149 Å². The topological polar surface area (TPSA) is 59.0 Å². The smallest absolute Gasteiger partial charge is 0.278 e. The minimum atomic E-state index is -0.931. The number of oxime groups is 1. The van der Waals surface area contributed by atoms with Gasteiger partial charge in [-0.15, -0.1) is 0 Å². The summed E-state index contributed by atoms with van der Waals surface area (Å²) in [6, 6.07) is 12.7. The number of fused-ring (bicyclic) bond motifs is 1. The number of rotatable bonds is 2. The van der Waals surface area contributed by atoms with Crippen molar-refractivity contribution >= 4 is 34.8 Å². The standard InChI is InChI=1S/C19H15ClN2O3/c1-10-7-8-14(11(2)9-10)22-18(23)15-16(21-25-17(15)19(22)24)12-5-3-4-6-13(12)20/h3-9,15,17H,1-2H3/t15-,17+/m1/s1. The first kappa shape index (κ1) is 15.8. The van der Waals surface area contributed by atoms with Gasteiger partial charge in [-0.1, -0.05) is 52.7 Å². The summed E-state index contributed by atoms with van der Waals surface area (Å²) in [6.07, 6.45) is -0.931. The van der Waals surface area contributed by atoms with E-state index in [1.807, 2.05) is 26.0 Å². The van der Waals surface area contributed by atoms with Crippen LogP contribution in [-0.4, -0.2) is 23.6 Å². The second-order valence-corrected chi connectivity index (χ2v) is 6.67. The number of carbonyl (C=O) groups is 2. The molecule has 0 saturated carbocycles. The van der Waals surface area contributed by atoms with E-state index in [-0.39, 0.29) is 5.91 Å². The van der Waals surface area contributed by atoms with Crippen molar-refractivity contribution in [1.29, 1.82) is 0 Å². The monoisotopic (exact) mass is 354 g/mol. The third-order valence-corrected chi connectivity index (χ3v) is 4.88. The van der Waals surface area contributed by atoms with Crippen LogP contribution in [0.3, 0.4) is 0 Å². The maximum atomic E-state index is 13.0. The van der Waals surface area contributed by atoms with Crippen LogP contribution in [0.5, 0.6) is 0 Å². The van der Waals surface area contributed by atoms with Crippen LogP contribution in [-0.2, 0) is 14.4 Å². The highest BCUT2D eigenvalue weighted by atomic mass is 35.5. The Hall–Kier alpha value is -2.66. The fourth-order valence-electron chi connectivity index (χ4n) is 3.36. The van der Waals surface area contributed by atoms with Gasteiger partial charge in [0.05, 0.1) is 5.69 Å². The quantitative estimate of drug-likeness (QED) is 0.778. The minimum Gasteiger partial charge on any atom is -0.381 e. The van der Waals surface area contributed by atoms with Gasteiger partial charge in [0, 0.05) is 10.6 Å². The van der Waals surface area contributed by atoms with Gasteiger partial charge in [0.1, 0.15) is 11.6 Å². The summed E-state index contributed by atoms with van der Waals surface area (Å²) in [5.74, 6) is -1.50. The van der Waals surface area contributed by atoms with Crippen molar-refractivity contribution in [3.8, 4) is 0 Å². The molecule has 2 aromatic carbocycles. The molecule has 2 amide bonds. The fraction of sp³-hybridized carbons (Fsp3) is 0.211. The summed E-state index contributed by atoms with van der Waals surface area (Å²) in [4.78, 5) is 32.3. The van der Waals surface area contributed by atoms with Gasteiger partial charge in [-0.3, -0.25) is 9.59 Å². The second kappa shape index (κ2) is 5.70. The highest BCUT2D eigenvalue weighted by molar-refractivity contribution is 6.38. The summed E-state index contributed by atoms with van der Waals surface area (Å²) in [6.45, 7) is 3.84. The predicted molar refractivity (Wildman–Crippen MR) is 94.8 cm³/mol. The van der Waals surface area contributed by atoms with Crippen molar-refractivity contribution in [1.82, 2.24) is 0 Å². The van der Waals surface area contributed by atoms with E-state index >= 15 is 0 Å². The van der Waals surface area contributed by atoms with E-state index in [1.54, 1.807) is 30.3 Å². The molecule has 6 heteroatoms. The van der Waals surface area contributed by atoms with Crippen molar-refractivity contribution in [2.24, 2.45) is 11.1 Å². The molecule has 0 aliphatic carbocycles. The number of carbonyl (C=O) groups excluding carboxylic acids is 2. The lowest BCUT2D eigenvalue weighted by atomic mass is 9.94. The van der Waals surface area contributed by atoms with Crippen LogP contribution >= 0.6 is 11.6 Å². The molecule has 0 spiro atoms. The number of benzene rings is 2. The molecule has 126 valence electrons. The van der Waals surface area contributed by atoms with Crippen molar-refractivity contribution in [2.45, 2.75) is 20.0 Å². The largest absolute Gasteiger partial charge is 0.381 e. The van der Waals surface area contributed by atoms with E-state index in [4.69, 9.17) is 16.4 Å². The summed E-state index contributed by atoms with van der Waals surface area (Å²) in [5.41, 5.74) is 3.52. The number of nitrogens with zero attached hydrogens (tertiary/aromatic N) is 2. The first-order valence-corrected chi connectivity index (χ1v) is 8.30. The Morgan fingerprint density at radius 1 is 1.08 bits per heavy atom. The molecule has 4 rings (SSSR count). The van der Waals surface area contributed by atoms with E-state index in [9.17, 15) is 9.59 Å². The highest BCUT2D eigenvalue weighted by Crippen LogP contribution is 2.37. The van der Waals surface area contributed by atoms with E-state index in [2.05, 4.69) is 5.16 Å². The molecule has 2 aliphatic rings. The molecule has 0 unspecified atom stereocenters. The molecule has 5 nitrogen and oxygen atoms in total. The normalized spacial score (nSPS) is 22.0. The summed E-state index contributed by atoms with van der Waals surface area (Å²) >= 11 is 6.23. The van der Waals surface area contributed by atoms with Crippen molar-refractivity contribution in [2.75, 3.05) is 4.90 Å².